The van der Waals surface area contributed by atoms with Crippen LogP contribution < -0.4 is 5.73 Å². The molecule has 0 fully saturated rings. The standard InChI is InChI=1S/C17H29N/c1-4-7-16(8-5-2)17(18)13-15-11-9-14(6-3)10-12-15/h9-12,16-17H,4-8,13,18H2,1-3H3. The molecule has 0 aliphatic carbocycles. The fraction of sp³-hybridized carbons (Fsp3) is 0.647. The topological polar surface area (TPSA) is 26.0 Å². The normalized spacial score (nSPS) is 12.9. The smallest absolute Gasteiger partial charge is 0.0108 e. The Kier molecular flexibility index (Phi) is 7.04. The van der Waals surface area contributed by atoms with Crippen molar-refractivity contribution in [3.05, 3.63) is 35.4 Å². The van der Waals surface area contributed by atoms with Gasteiger partial charge in [-0.1, -0.05) is 57.9 Å². The van der Waals surface area contributed by atoms with E-state index in [1.807, 2.05) is 0 Å². The van der Waals surface area contributed by atoms with Crippen LogP contribution in [-0.2, 0) is 12.8 Å². The highest BCUT2D eigenvalue weighted by molar-refractivity contribution is 5.23. The van der Waals surface area contributed by atoms with Crippen LogP contribution >= 0.6 is 0 Å². The Morgan fingerprint density at radius 2 is 1.39 bits per heavy atom. The van der Waals surface area contributed by atoms with E-state index in [1.54, 1.807) is 0 Å². The van der Waals surface area contributed by atoms with Crippen LogP contribution in [0.25, 0.3) is 0 Å². The molecule has 0 radical (unpaired) electrons. The summed E-state index contributed by atoms with van der Waals surface area (Å²) in [6.45, 7) is 6.70. The molecule has 2 N–H and O–H groups in total. The molecule has 1 rings (SSSR count). The van der Waals surface area contributed by atoms with Crippen molar-refractivity contribution < 1.29 is 0 Å². The van der Waals surface area contributed by atoms with Gasteiger partial charge in [-0.3, -0.25) is 0 Å². The van der Waals surface area contributed by atoms with Gasteiger partial charge in [-0.15, -0.1) is 0 Å². The average Bonchev–Trinajstić information content (AvgIpc) is 2.39. The molecule has 0 bridgehead atoms. The van der Waals surface area contributed by atoms with E-state index in [9.17, 15) is 0 Å². The number of benzene rings is 1. The molecule has 1 unspecified atom stereocenters. The molecule has 1 heteroatoms. The van der Waals surface area contributed by atoms with E-state index in [4.69, 9.17) is 5.73 Å². The van der Waals surface area contributed by atoms with Gasteiger partial charge in [0.05, 0.1) is 0 Å². The van der Waals surface area contributed by atoms with Gasteiger partial charge in [-0.05, 0) is 42.7 Å². The van der Waals surface area contributed by atoms with Gasteiger partial charge < -0.3 is 5.73 Å². The molecular formula is C17H29N. The Morgan fingerprint density at radius 3 is 1.83 bits per heavy atom. The van der Waals surface area contributed by atoms with Crippen LogP contribution in [0.3, 0.4) is 0 Å². The lowest BCUT2D eigenvalue weighted by Crippen LogP contribution is -2.32. The summed E-state index contributed by atoms with van der Waals surface area (Å²) in [5.41, 5.74) is 9.19. The summed E-state index contributed by atoms with van der Waals surface area (Å²) in [4.78, 5) is 0. The highest BCUT2D eigenvalue weighted by Gasteiger charge is 2.16. The maximum absolute atomic E-state index is 6.39. The third-order valence-electron chi connectivity index (χ3n) is 3.83. The van der Waals surface area contributed by atoms with Crippen LogP contribution in [0.2, 0.25) is 0 Å². The highest BCUT2D eigenvalue weighted by Crippen LogP contribution is 2.19. The molecule has 1 nitrogen and oxygen atoms in total. The van der Waals surface area contributed by atoms with E-state index in [2.05, 4.69) is 45.0 Å². The van der Waals surface area contributed by atoms with Crippen molar-refractivity contribution in [1.82, 2.24) is 0 Å². The van der Waals surface area contributed by atoms with Gasteiger partial charge in [-0.25, -0.2) is 0 Å². The number of hydrogen-bond acceptors (Lipinski definition) is 1. The number of nitrogens with two attached hydrogens (primary N) is 1. The molecule has 1 atom stereocenters. The van der Waals surface area contributed by atoms with Crippen LogP contribution in [0.15, 0.2) is 24.3 Å². The average molecular weight is 247 g/mol. The second kappa shape index (κ2) is 8.31. The number of aryl methyl sites for hydroxylation is 1. The van der Waals surface area contributed by atoms with Gasteiger partial charge in [-0.2, -0.15) is 0 Å². The minimum Gasteiger partial charge on any atom is -0.327 e. The molecule has 0 aliphatic rings. The van der Waals surface area contributed by atoms with Crippen molar-refractivity contribution in [2.24, 2.45) is 11.7 Å². The Morgan fingerprint density at radius 1 is 0.889 bits per heavy atom. The van der Waals surface area contributed by atoms with E-state index in [1.165, 1.54) is 36.8 Å². The lowest BCUT2D eigenvalue weighted by atomic mass is 9.87. The molecule has 0 saturated heterocycles. The van der Waals surface area contributed by atoms with Gasteiger partial charge in [0, 0.05) is 6.04 Å². The van der Waals surface area contributed by atoms with Crippen LogP contribution in [0.1, 0.15) is 57.6 Å². The third kappa shape index (κ3) is 4.81. The molecule has 0 aromatic heterocycles. The second-order valence-corrected chi connectivity index (χ2v) is 5.38. The summed E-state index contributed by atoms with van der Waals surface area (Å²) in [5.74, 6) is 0.686. The summed E-state index contributed by atoms with van der Waals surface area (Å²) in [7, 11) is 0. The van der Waals surface area contributed by atoms with Crippen molar-refractivity contribution in [2.75, 3.05) is 0 Å². The molecule has 18 heavy (non-hydrogen) atoms. The maximum atomic E-state index is 6.39. The number of rotatable bonds is 8. The predicted molar refractivity (Wildman–Crippen MR) is 80.8 cm³/mol. The lowest BCUT2D eigenvalue weighted by Gasteiger charge is -2.23. The first kappa shape index (κ1) is 15.2. The Bertz CT molecular complexity index is 309. The zero-order chi connectivity index (χ0) is 13.4. The summed E-state index contributed by atoms with van der Waals surface area (Å²) in [5, 5.41) is 0. The first-order chi connectivity index (χ1) is 8.71. The fourth-order valence-corrected chi connectivity index (χ4v) is 2.66. The highest BCUT2D eigenvalue weighted by atomic mass is 14.6. The van der Waals surface area contributed by atoms with Gasteiger partial charge >= 0.3 is 0 Å². The first-order valence-electron chi connectivity index (χ1n) is 7.54. The fourth-order valence-electron chi connectivity index (χ4n) is 2.66. The first-order valence-corrected chi connectivity index (χ1v) is 7.54. The van der Waals surface area contributed by atoms with Gasteiger partial charge in [0.2, 0.25) is 0 Å². The predicted octanol–water partition coefficient (Wildman–Crippen LogP) is 4.34. The van der Waals surface area contributed by atoms with Crippen LogP contribution in [0.5, 0.6) is 0 Å². The monoisotopic (exact) mass is 247 g/mol. The van der Waals surface area contributed by atoms with E-state index in [0.717, 1.165) is 12.8 Å². The summed E-state index contributed by atoms with van der Waals surface area (Å²) < 4.78 is 0. The van der Waals surface area contributed by atoms with E-state index in [-0.39, 0.29) is 0 Å². The minimum absolute atomic E-state index is 0.317. The van der Waals surface area contributed by atoms with Crippen molar-refractivity contribution >= 4 is 0 Å². The molecule has 0 saturated carbocycles. The van der Waals surface area contributed by atoms with Gasteiger partial charge in [0.25, 0.3) is 0 Å². The van der Waals surface area contributed by atoms with Crippen LogP contribution in [0, 0.1) is 5.92 Å². The Labute approximate surface area is 113 Å². The quantitative estimate of drug-likeness (QED) is 0.727. The molecule has 1 aromatic carbocycles. The maximum Gasteiger partial charge on any atom is 0.0108 e. The van der Waals surface area contributed by atoms with Crippen molar-refractivity contribution in [3.8, 4) is 0 Å². The zero-order valence-electron chi connectivity index (χ0n) is 12.3. The third-order valence-corrected chi connectivity index (χ3v) is 3.83. The number of hydrogen-bond donors (Lipinski definition) is 1. The Hall–Kier alpha value is -0.820. The summed E-state index contributed by atoms with van der Waals surface area (Å²) in [6.07, 6.45) is 7.15. The Balaban J connectivity index is 2.57. The van der Waals surface area contributed by atoms with Crippen LogP contribution in [-0.4, -0.2) is 6.04 Å². The van der Waals surface area contributed by atoms with E-state index >= 15 is 0 Å². The van der Waals surface area contributed by atoms with Crippen molar-refractivity contribution in [1.29, 1.82) is 0 Å². The largest absolute Gasteiger partial charge is 0.327 e. The lowest BCUT2D eigenvalue weighted by molar-refractivity contribution is 0.360. The second-order valence-electron chi connectivity index (χ2n) is 5.38. The van der Waals surface area contributed by atoms with Gasteiger partial charge in [0.15, 0.2) is 0 Å². The van der Waals surface area contributed by atoms with Crippen molar-refractivity contribution in [3.63, 3.8) is 0 Å². The molecule has 0 spiro atoms. The van der Waals surface area contributed by atoms with Crippen LogP contribution in [0.4, 0.5) is 0 Å². The zero-order valence-corrected chi connectivity index (χ0v) is 12.3. The van der Waals surface area contributed by atoms with Gasteiger partial charge in [0.1, 0.15) is 0 Å². The molecule has 0 aliphatic heterocycles. The SMILES string of the molecule is CCCC(CCC)C(N)Cc1ccc(CC)cc1. The minimum atomic E-state index is 0.317. The van der Waals surface area contributed by atoms with Crippen molar-refractivity contribution in [2.45, 2.75) is 65.3 Å². The summed E-state index contributed by atoms with van der Waals surface area (Å²) >= 11 is 0. The molecule has 0 amide bonds. The van der Waals surface area contributed by atoms with E-state index < -0.39 is 0 Å². The summed E-state index contributed by atoms with van der Waals surface area (Å²) in [6, 6.07) is 9.27. The molecule has 0 heterocycles. The molecule has 102 valence electrons. The molecule has 1 aromatic rings. The molecular weight excluding hydrogens is 218 g/mol. The van der Waals surface area contributed by atoms with E-state index in [0.29, 0.717) is 12.0 Å².